The van der Waals surface area contributed by atoms with E-state index < -0.39 is 8.80 Å². The molecular formula is C11H16O5Si. The standard InChI is InChI=1S/C11H16O5Si/c1-13-10-7-5-9(6-8-10)11(12)17(14-2,15-3)16-4/h5-8H,1-4H3. The lowest BCUT2D eigenvalue weighted by Gasteiger charge is -2.22. The van der Waals surface area contributed by atoms with Gasteiger partial charge in [0, 0.05) is 26.9 Å². The van der Waals surface area contributed by atoms with Crippen molar-refractivity contribution in [2.45, 2.75) is 0 Å². The van der Waals surface area contributed by atoms with Crippen LogP contribution in [-0.4, -0.2) is 42.7 Å². The molecule has 0 spiro atoms. The van der Waals surface area contributed by atoms with E-state index in [1.807, 2.05) is 0 Å². The third-order valence-corrected chi connectivity index (χ3v) is 4.89. The Labute approximate surface area is 102 Å². The first-order chi connectivity index (χ1) is 8.13. The first-order valence-corrected chi connectivity index (χ1v) is 6.70. The van der Waals surface area contributed by atoms with Gasteiger partial charge in [-0.15, -0.1) is 0 Å². The van der Waals surface area contributed by atoms with Crippen LogP contribution in [0.5, 0.6) is 5.75 Å². The maximum Gasteiger partial charge on any atom is 0.579 e. The van der Waals surface area contributed by atoms with Crippen molar-refractivity contribution in [3.05, 3.63) is 29.8 Å². The summed E-state index contributed by atoms with van der Waals surface area (Å²) in [7, 11) is 2.51. The van der Waals surface area contributed by atoms with Gasteiger partial charge in [0.1, 0.15) is 5.75 Å². The lowest BCUT2D eigenvalue weighted by Crippen LogP contribution is -2.51. The summed E-state index contributed by atoms with van der Waals surface area (Å²) in [5, 5.41) is -0.271. The molecule has 0 N–H and O–H groups in total. The van der Waals surface area contributed by atoms with Gasteiger partial charge in [0.15, 0.2) is 0 Å². The van der Waals surface area contributed by atoms with Crippen molar-refractivity contribution in [1.82, 2.24) is 0 Å². The highest BCUT2D eigenvalue weighted by Gasteiger charge is 2.48. The number of carbonyl (C=O) groups excluding carboxylic acids is 1. The molecule has 0 aliphatic carbocycles. The lowest BCUT2D eigenvalue weighted by atomic mass is 10.2. The summed E-state index contributed by atoms with van der Waals surface area (Å²) in [4.78, 5) is 12.2. The Morgan fingerprint density at radius 1 is 0.941 bits per heavy atom. The van der Waals surface area contributed by atoms with Gasteiger partial charge in [-0.3, -0.25) is 4.79 Å². The molecule has 0 atom stereocenters. The minimum absolute atomic E-state index is 0.271. The van der Waals surface area contributed by atoms with E-state index in [0.29, 0.717) is 11.3 Å². The summed E-state index contributed by atoms with van der Waals surface area (Å²) in [5.41, 5.74) is 0.475. The van der Waals surface area contributed by atoms with E-state index in [-0.39, 0.29) is 5.41 Å². The van der Waals surface area contributed by atoms with Gasteiger partial charge < -0.3 is 18.0 Å². The number of hydrogen-bond donors (Lipinski definition) is 0. The molecule has 0 unspecified atom stereocenters. The molecule has 0 bridgehead atoms. The van der Waals surface area contributed by atoms with Crippen LogP contribution in [0.4, 0.5) is 0 Å². The van der Waals surface area contributed by atoms with Crippen LogP contribution in [0.15, 0.2) is 24.3 Å². The van der Waals surface area contributed by atoms with Gasteiger partial charge in [-0.05, 0) is 24.3 Å². The van der Waals surface area contributed by atoms with Gasteiger partial charge in [-0.25, -0.2) is 0 Å². The molecule has 5 nitrogen and oxygen atoms in total. The van der Waals surface area contributed by atoms with Crippen molar-refractivity contribution >= 4 is 14.2 Å². The topological polar surface area (TPSA) is 54.0 Å². The van der Waals surface area contributed by atoms with Crippen LogP contribution in [0.1, 0.15) is 10.4 Å². The van der Waals surface area contributed by atoms with Crippen molar-refractivity contribution in [2.75, 3.05) is 28.4 Å². The zero-order valence-electron chi connectivity index (χ0n) is 10.4. The Morgan fingerprint density at radius 2 is 1.41 bits per heavy atom. The summed E-state index contributed by atoms with van der Waals surface area (Å²) in [6.07, 6.45) is 0. The number of carbonyl (C=O) groups is 1. The van der Waals surface area contributed by atoms with Crippen LogP contribution in [0.25, 0.3) is 0 Å². The molecule has 1 rings (SSSR count). The van der Waals surface area contributed by atoms with Crippen LogP contribution in [0.3, 0.4) is 0 Å². The van der Waals surface area contributed by atoms with E-state index in [1.54, 1.807) is 31.4 Å². The first kappa shape index (κ1) is 13.9. The maximum atomic E-state index is 12.2. The predicted molar refractivity (Wildman–Crippen MR) is 64.1 cm³/mol. The van der Waals surface area contributed by atoms with Crippen molar-refractivity contribution in [1.29, 1.82) is 0 Å². The summed E-state index contributed by atoms with van der Waals surface area (Å²) in [5.74, 6) is 0.682. The van der Waals surface area contributed by atoms with Gasteiger partial charge in [-0.1, -0.05) is 0 Å². The van der Waals surface area contributed by atoms with Crippen LogP contribution < -0.4 is 4.74 Å². The molecule has 0 saturated carbocycles. The average molecular weight is 256 g/mol. The predicted octanol–water partition coefficient (Wildman–Crippen LogP) is 1.30. The SMILES string of the molecule is COc1ccc(C(=O)[Si](OC)(OC)OC)cc1. The Bertz CT molecular complexity index is 364. The Kier molecular flexibility index (Phi) is 4.82. The smallest absolute Gasteiger partial charge is 0.497 e. The summed E-state index contributed by atoms with van der Waals surface area (Å²) >= 11 is 0. The molecule has 0 heterocycles. The molecule has 0 aliphatic rings. The van der Waals surface area contributed by atoms with Crippen molar-refractivity contribution in [3.8, 4) is 5.75 Å². The molecule has 6 heteroatoms. The van der Waals surface area contributed by atoms with Gasteiger partial charge in [0.25, 0.3) is 0 Å². The third-order valence-electron chi connectivity index (χ3n) is 2.44. The maximum absolute atomic E-state index is 12.2. The number of rotatable bonds is 6. The Hall–Kier alpha value is -1.21. The molecule has 1 aromatic carbocycles. The molecule has 0 aromatic heterocycles. The largest absolute Gasteiger partial charge is 0.579 e. The van der Waals surface area contributed by atoms with Gasteiger partial charge in [0.05, 0.1) is 7.11 Å². The minimum atomic E-state index is -3.27. The van der Waals surface area contributed by atoms with Gasteiger partial charge >= 0.3 is 8.80 Å². The third kappa shape index (κ3) is 2.72. The number of hydrogen-bond acceptors (Lipinski definition) is 5. The zero-order chi connectivity index (χ0) is 12.9. The van der Waals surface area contributed by atoms with E-state index in [2.05, 4.69) is 0 Å². The van der Waals surface area contributed by atoms with Crippen LogP contribution in [-0.2, 0) is 13.3 Å². The highest BCUT2D eigenvalue weighted by atomic mass is 28.4. The van der Waals surface area contributed by atoms with E-state index >= 15 is 0 Å². The average Bonchev–Trinajstić information content (AvgIpc) is 2.41. The molecule has 1 aromatic rings. The fourth-order valence-electron chi connectivity index (χ4n) is 1.45. The van der Waals surface area contributed by atoms with E-state index in [4.69, 9.17) is 18.0 Å². The first-order valence-electron chi connectivity index (χ1n) is 4.97. The fourth-order valence-corrected chi connectivity index (χ4v) is 3.02. The van der Waals surface area contributed by atoms with Gasteiger partial charge in [0.2, 0.25) is 5.41 Å². The quantitative estimate of drug-likeness (QED) is 0.718. The van der Waals surface area contributed by atoms with Crippen molar-refractivity contribution in [3.63, 3.8) is 0 Å². The number of ether oxygens (including phenoxy) is 1. The monoisotopic (exact) mass is 256 g/mol. The highest BCUT2D eigenvalue weighted by molar-refractivity contribution is 6.94. The van der Waals surface area contributed by atoms with E-state index in [0.717, 1.165) is 0 Å². The molecule has 17 heavy (non-hydrogen) atoms. The van der Waals surface area contributed by atoms with Gasteiger partial charge in [-0.2, -0.15) is 0 Å². The summed E-state index contributed by atoms with van der Waals surface area (Å²) in [6, 6.07) is 6.71. The minimum Gasteiger partial charge on any atom is -0.497 e. The normalized spacial score (nSPS) is 11.3. The molecule has 0 fully saturated rings. The fraction of sp³-hybridized carbons (Fsp3) is 0.364. The summed E-state index contributed by atoms with van der Waals surface area (Å²) in [6.45, 7) is 0. The second-order valence-electron chi connectivity index (χ2n) is 3.23. The Morgan fingerprint density at radius 3 is 1.76 bits per heavy atom. The van der Waals surface area contributed by atoms with E-state index in [9.17, 15) is 4.79 Å². The molecular weight excluding hydrogens is 240 g/mol. The second-order valence-corrected chi connectivity index (χ2v) is 6.02. The van der Waals surface area contributed by atoms with Crippen LogP contribution in [0, 0.1) is 0 Å². The molecule has 0 radical (unpaired) electrons. The van der Waals surface area contributed by atoms with Crippen LogP contribution >= 0.6 is 0 Å². The van der Waals surface area contributed by atoms with E-state index in [1.165, 1.54) is 21.3 Å². The second kappa shape index (κ2) is 5.92. The Balaban J connectivity index is 3.01. The van der Waals surface area contributed by atoms with Crippen LogP contribution in [0.2, 0.25) is 0 Å². The summed E-state index contributed by atoms with van der Waals surface area (Å²) < 4.78 is 20.4. The lowest BCUT2D eigenvalue weighted by molar-refractivity contribution is 0.0791. The molecule has 0 aliphatic heterocycles. The number of methoxy groups -OCH3 is 1. The zero-order valence-corrected chi connectivity index (χ0v) is 11.4. The highest BCUT2D eigenvalue weighted by Crippen LogP contribution is 2.17. The molecule has 94 valence electrons. The van der Waals surface area contributed by atoms with Crippen molar-refractivity contribution in [2.24, 2.45) is 0 Å². The van der Waals surface area contributed by atoms with Crippen molar-refractivity contribution < 1.29 is 22.8 Å². The number of benzene rings is 1. The molecule has 0 saturated heterocycles. The molecule has 0 amide bonds.